The van der Waals surface area contributed by atoms with Crippen molar-refractivity contribution in [3.8, 4) is 22.3 Å². The third-order valence-corrected chi connectivity index (χ3v) is 11.7. The molecule has 6 rings (SSSR count). The largest absolute Gasteiger partial charge is 0.350 e. The zero-order valence-electron chi connectivity index (χ0n) is 27.8. The van der Waals surface area contributed by atoms with Gasteiger partial charge in [0.05, 0.1) is 19.6 Å². The van der Waals surface area contributed by atoms with Crippen LogP contribution in [-0.4, -0.2) is 44.2 Å². The van der Waals surface area contributed by atoms with E-state index >= 15 is 0 Å². The second-order valence-electron chi connectivity index (χ2n) is 11.7. The standard InChI is InChI=1S/C36H26N4O12S3/c41-39(42)33-21-27(13-17-31(33)37-25-11-15-29(23-7-3-1-4-8-23)35(19-25)54(47,48)49)53(45,46)28-14-18-32(34(22-28)40(43)44)38-26-12-16-30(24-9-5-2-6-10-24)36(20-26)55(50,51)52/h1-22,37-38H,(H,47,48,49)(H,50,51,52). The molecule has 0 spiro atoms. The molecule has 280 valence electrons. The summed E-state index contributed by atoms with van der Waals surface area (Å²) in [5, 5.41) is 29.6. The summed E-state index contributed by atoms with van der Waals surface area (Å²) in [6.45, 7) is 0. The highest BCUT2D eigenvalue weighted by Crippen LogP contribution is 2.38. The maximum absolute atomic E-state index is 13.7. The molecule has 55 heavy (non-hydrogen) atoms. The minimum absolute atomic E-state index is 0.00291. The molecule has 0 saturated heterocycles. The van der Waals surface area contributed by atoms with E-state index in [0.717, 1.165) is 48.5 Å². The highest BCUT2D eigenvalue weighted by atomic mass is 32.2. The van der Waals surface area contributed by atoms with Crippen LogP contribution in [0.15, 0.2) is 153 Å². The van der Waals surface area contributed by atoms with Crippen LogP contribution < -0.4 is 10.6 Å². The fraction of sp³-hybridized carbons (Fsp3) is 0. The van der Waals surface area contributed by atoms with Crippen LogP contribution in [0.4, 0.5) is 34.1 Å². The number of sulfone groups is 1. The predicted octanol–water partition coefficient (Wildman–Crippen LogP) is 7.65. The highest BCUT2D eigenvalue weighted by molar-refractivity contribution is 7.91. The highest BCUT2D eigenvalue weighted by Gasteiger charge is 2.28. The van der Waals surface area contributed by atoms with Gasteiger partial charge in [0.25, 0.3) is 31.6 Å². The number of nitrogens with one attached hydrogen (secondary N) is 2. The Morgan fingerprint density at radius 2 is 0.836 bits per heavy atom. The zero-order valence-corrected chi connectivity index (χ0v) is 30.2. The van der Waals surface area contributed by atoms with E-state index in [0.29, 0.717) is 11.1 Å². The average molecular weight is 803 g/mol. The maximum Gasteiger partial charge on any atom is 0.295 e. The van der Waals surface area contributed by atoms with E-state index in [1.54, 1.807) is 60.7 Å². The molecule has 0 aliphatic heterocycles. The molecule has 0 amide bonds. The van der Waals surface area contributed by atoms with Crippen LogP contribution in [0.1, 0.15) is 0 Å². The van der Waals surface area contributed by atoms with Crippen LogP contribution in [0.25, 0.3) is 22.3 Å². The van der Waals surface area contributed by atoms with Gasteiger partial charge in [-0.3, -0.25) is 29.3 Å². The van der Waals surface area contributed by atoms with Crippen LogP contribution in [0.2, 0.25) is 0 Å². The van der Waals surface area contributed by atoms with E-state index < -0.39 is 70.9 Å². The Hall–Kier alpha value is -6.51. The van der Waals surface area contributed by atoms with Crippen molar-refractivity contribution in [3.05, 3.63) is 154 Å². The minimum Gasteiger partial charge on any atom is -0.350 e. The SMILES string of the molecule is O=[N+]([O-])c1cc(S(=O)(=O)c2ccc(Nc3ccc(-c4ccccc4)c(S(=O)(=O)O)c3)c([N+](=O)[O-])c2)ccc1Nc1ccc(-c2ccccc2)c(S(=O)(=O)O)c1. The summed E-state index contributed by atoms with van der Waals surface area (Å²) < 4.78 is 96.3. The Morgan fingerprint density at radius 1 is 0.473 bits per heavy atom. The second kappa shape index (κ2) is 14.7. The van der Waals surface area contributed by atoms with Gasteiger partial charge in [-0.1, -0.05) is 72.8 Å². The average Bonchev–Trinajstić information content (AvgIpc) is 3.15. The molecule has 0 saturated carbocycles. The third-order valence-electron chi connectivity index (χ3n) is 8.20. The van der Waals surface area contributed by atoms with Crippen molar-refractivity contribution >= 4 is 64.2 Å². The van der Waals surface area contributed by atoms with Crippen molar-refractivity contribution in [2.24, 2.45) is 0 Å². The Balaban J connectivity index is 1.32. The maximum atomic E-state index is 13.7. The number of hydrogen-bond donors (Lipinski definition) is 4. The summed E-state index contributed by atoms with van der Waals surface area (Å²) in [5.74, 6) is 0. The van der Waals surface area contributed by atoms with Crippen molar-refractivity contribution in [1.82, 2.24) is 0 Å². The number of nitrogens with zero attached hydrogens (tertiary/aromatic N) is 2. The molecule has 19 heteroatoms. The van der Waals surface area contributed by atoms with Crippen molar-refractivity contribution in [1.29, 1.82) is 0 Å². The number of hydrogen-bond acceptors (Lipinski definition) is 12. The lowest BCUT2D eigenvalue weighted by molar-refractivity contribution is -0.384. The molecule has 0 aromatic heterocycles. The molecular formula is C36H26N4O12S3. The molecule has 16 nitrogen and oxygen atoms in total. The van der Waals surface area contributed by atoms with Crippen LogP contribution in [0.3, 0.4) is 0 Å². The molecule has 0 bridgehead atoms. The molecule has 0 fully saturated rings. The first-order valence-electron chi connectivity index (χ1n) is 15.6. The second-order valence-corrected chi connectivity index (χ2v) is 16.5. The van der Waals surface area contributed by atoms with Gasteiger partial charge in [0.15, 0.2) is 0 Å². The lowest BCUT2D eigenvalue weighted by Gasteiger charge is -2.14. The smallest absolute Gasteiger partial charge is 0.295 e. The summed E-state index contributed by atoms with van der Waals surface area (Å²) in [7, 11) is -14.2. The van der Waals surface area contributed by atoms with E-state index in [2.05, 4.69) is 10.6 Å². The summed E-state index contributed by atoms with van der Waals surface area (Å²) >= 11 is 0. The van der Waals surface area contributed by atoms with Crippen LogP contribution in [-0.2, 0) is 30.1 Å². The zero-order chi connectivity index (χ0) is 39.7. The third kappa shape index (κ3) is 8.20. The topological polar surface area (TPSA) is 253 Å². The quantitative estimate of drug-likeness (QED) is 0.0527. The fourth-order valence-corrected chi connectivity index (χ4v) is 8.44. The molecule has 0 aliphatic carbocycles. The first-order valence-corrected chi connectivity index (χ1v) is 20.0. The Bertz CT molecular complexity index is 2650. The van der Waals surface area contributed by atoms with E-state index in [1.807, 2.05) is 0 Å². The van der Waals surface area contributed by atoms with E-state index in [9.17, 15) is 54.6 Å². The van der Waals surface area contributed by atoms with Gasteiger partial charge >= 0.3 is 0 Å². The first-order chi connectivity index (χ1) is 25.9. The van der Waals surface area contributed by atoms with Gasteiger partial charge in [-0.25, -0.2) is 8.42 Å². The van der Waals surface area contributed by atoms with Crippen LogP contribution in [0, 0.1) is 20.2 Å². The molecule has 0 atom stereocenters. The predicted molar refractivity (Wildman–Crippen MR) is 202 cm³/mol. The van der Waals surface area contributed by atoms with Crippen LogP contribution in [0.5, 0.6) is 0 Å². The van der Waals surface area contributed by atoms with Gasteiger partial charge in [0, 0.05) is 34.6 Å². The van der Waals surface area contributed by atoms with Crippen molar-refractivity contribution in [2.75, 3.05) is 10.6 Å². The van der Waals surface area contributed by atoms with Gasteiger partial charge in [-0.15, -0.1) is 0 Å². The van der Waals surface area contributed by atoms with E-state index in [1.165, 1.54) is 24.3 Å². The summed E-state index contributed by atoms with van der Waals surface area (Å²) in [4.78, 5) is 20.3. The fourth-order valence-electron chi connectivity index (χ4n) is 5.66. The molecule has 0 radical (unpaired) electrons. The lowest BCUT2D eigenvalue weighted by Crippen LogP contribution is -2.07. The van der Waals surface area contributed by atoms with Crippen LogP contribution >= 0.6 is 0 Å². The molecule has 0 aliphatic rings. The summed E-state index contributed by atoms with van der Waals surface area (Å²) in [5.41, 5.74) is -0.730. The Kier molecular flexibility index (Phi) is 10.2. The molecule has 0 heterocycles. The number of rotatable bonds is 12. The number of nitro benzene ring substituents is 2. The number of benzene rings is 6. The number of nitro groups is 2. The molecular weight excluding hydrogens is 777 g/mol. The monoisotopic (exact) mass is 802 g/mol. The molecule has 6 aromatic carbocycles. The normalized spacial score (nSPS) is 11.8. The minimum atomic E-state index is -4.77. The Labute approximate surface area is 313 Å². The van der Waals surface area contributed by atoms with Crippen molar-refractivity contribution in [3.63, 3.8) is 0 Å². The number of anilines is 4. The Morgan fingerprint density at radius 3 is 1.16 bits per heavy atom. The summed E-state index contributed by atoms with van der Waals surface area (Å²) in [6.07, 6.45) is 0. The molecule has 0 unspecified atom stereocenters. The van der Waals surface area contributed by atoms with E-state index in [4.69, 9.17) is 0 Å². The molecule has 4 N–H and O–H groups in total. The molecule has 6 aromatic rings. The first kappa shape index (κ1) is 38.2. The van der Waals surface area contributed by atoms with Crippen molar-refractivity contribution < 1.29 is 44.2 Å². The van der Waals surface area contributed by atoms with Gasteiger partial charge < -0.3 is 10.6 Å². The van der Waals surface area contributed by atoms with E-state index in [-0.39, 0.29) is 33.9 Å². The van der Waals surface area contributed by atoms with Crippen molar-refractivity contribution in [2.45, 2.75) is 19.6 Å². The lowest BCUT2D eigenvalue weighted by atomic mass is 10.1. The van der Waals surface area contributed by atoms with Gasteiger partial charge in [-0.2, -0.15) is 16.8 Å². The van der Waals surface area contributed by atoms with Gasteiger partial charge in [0.2, 0.25) is 9.84 Å². The van der Waals surface area contributed by atoms with Gasteiger partial charge in [-0.05, 0) is 59.7 Å². The van der Waals surface area contributed by atoms with Gasteiger partial charge in [0.1, 0.15) is 21.2 Å². The summed E-state index contributed by atoms with van der Waals surface area (Å²) in [6, 6.07) is 29.8.